The van der Waals surface area contributed by atoms with Gasteiger partial charge in [-0.05, 0) is 0 Å². The predicted octanol–water partition coefficient (Wildman–Crippen LogP) is 1.88. The Hall–Kier alpha value is -1.99. The zero-order chi connectivity index (χ0) is 11.6. The van der Waals surface area contributed by atoms with Crippen molar-refractivity contribution in [1.82, 2.24) is 4.98 Å². The van der Waals surface area contributed by atoms with Gasteiger partial charge in [-0.15, -0.1) is 0 Å². The molecule has 0 aliphatic rings. The van der Waals surface area contributed by atoms with Crippen molar-refractivity contribution in [2.45, 2.75) is 6.43 Å². The zero-order valence-corrected chi connectivity index (χ0v) is 6.99. The van der Waals surface area contributed by atoms with Crippen LogP contribution in [0.25, 0.3) is 0 Å². The van der Waals surface area contributed by atoms with Crippen LogP contribution in [-0.2, 0) is 0 Å². The Balaban J connectivity index is 3.56. The first-order chi connectivity index (χ1) is 6.99. The Bertz CT molecular complexity index is 422. The normalized spacial score (nSPS) is 10.4. The molecule has 1 heterocycles. The van der Waals surface area contributed by atoms with Gasteiger partial charge in [0.2, 0.25) is 5.95 Å². The Morgan fingerprint density at radius 3 is 2.53 bits per heavy atom. The lowest BCUT2D eigenvalue weighted by Crippen LogP contribution is -2.05. The third kappa shape index (κ3) is 1.92. The van der Waals surface area contributed by atoms with E-state index >= 15 is 0 Å². The molecule has 1 aromatic heterocycles. The molecule has 0 spiro atoms. The minimum Gasteiger partial charge on any atom is -0.298 e. The van der Waals surface area contributed by atoms with E-state index < -0.39 is 34.1 Å². The summed E-state index contributed by atoms with van der Waals surface area (Å²) in [6.07, 6.45) is -3.19. The average molecular weight is 220 g/mol. The lowest BCUT2D eigenvalue weighted by molar-refractivity contribution is -0.386. The number of alkyl halides is 2. The minimum atomic E-state index is -3.32. The summed E-state index contributed by atoms with van der Waals surface area (Å²) in [7, 11) is 0. The molecule has 0 aliphatic carbocycles. The van der Waals surface area contributed by atoms with Crippen LogP contribution in [0.2, 0.25) is 0 Å². The molecule has 0 saturated heterocycles. The highest BCUT2D eigenvalue weighted by atomic mass is 19.3. The first kappa shape index (κ1) is 11.1. The van der Waals surface area contributed by atoms with E-state index in [0.29, 0.717) is 6.20 Å². The standard InChI is InChI=1S/C7H3F3N2O3/c8-6(9)5-3(2-13)7(10)11-1-4(5)12(14)15/h1-2,6H. The molecule has 0 amide bonds. The van der Waals surface area contributed by atoms with Crippen LogP contribution >= 0.6 is 0 Å². The number of carbonyl (C=O) groups is 1. The van der Waals surface area contributed by atoms with E-state index in [2.05, 4.69) is 4.98 Å². The van der Waals surface area contributed by atoms with E-state index in [1.54, 1.807) is 0 Å². The van der Waals surface area contributed by atoms with Gasteiger partial charge in [-0.25, -0.2) is 13.8 Å². The number of carbonyl (C=O) groups excluding carboxylic acids is 1. The summed E-state index contributed by atoms with van der Waals surface area (Å²) in [4.78, 5) is 22.3. The van der Waals surface area contributed by atoms with E-state index in [4.69, 9.17) is 0 Å². The van der Waals surface area contributed by atoms with Crippen LogP contribution in [-0.4, -0.2) is 16.2 Å². The van der Waals surface area contributed by atoms with Crippen molar-refractivity contribution in [2.75, 3.05) is 0 Å². The molecule has 15 heavy (non-hydrogen) atoms. The zero-order valence-electron chi connectivity index (χ0n) is 6.99. The van der Waals surface area contributed by atoms with E-state index in [1.807, 2.05) is 0 Å². The molecule has 0 aliphatic heterocycles. The highest BCUT2D eigenvalue weighted by Crippen LogP contribution is 2.31. The topological polar surface area (TPSA) is 73.1 Å². The molecule has 0 unspecified atom stereocenters. The fourth-order valence-electron chi connectivity index (χ4n) is 0.993. The van der Waals surface area contributed by atoms with Gasteiger partial charge in [0.25, 0.3) is 12.1 Å². The Kier molecular flexibility index (Phi) is 2.98. The number of hydrogen-bond donors (Lipinski definition) is 0. The smallest absolute Gasteiger partial charge is 0.297 e. The van der Waals surface area contributed by atoms with E-state index in [1.165, 1.54) is 0 Å². The van der Waals surface area contributed by atoms with Crippen LogP contribution in [0.15, 0.2) is 6.20 Å². The Labute approximate surface area is 80.7 Å². The monoisotopic (exact) mass is 220 g/mol. The van der Waals surface area contributed by atoms with Gasteiger partial charge in [-0.1, -0.05) is 0 Å². The van der Waals surface area contributed by atoms with Crippen molar-refractivity contribution in [3.05, 3.63) is 33.4 Å². The molecule has 0 bridgehead atoms. The number of pyridine rings is 1. The summed E-state index contributed by atoms with van der Waals surface area (Å²) in [6.45, 7) is 0. The maximum absolute atomic E-state index is 12.8. The molecule has 1 rings (SSSR count). The quantitative estimate of drug-likeness (QED) is 0.337. The summed E-state index contributed by atoms with van der Waals surface area (Å²) >= 11 is 0. The summed E-state index contributed by atoms with van der Waals surface area (Å²) in [5.74, 6) is -1.45. The van der Waals surface area contributed by atoms with Crippen LogP contribution < -0.4 is 0 Å². The van der Waals surface area contributed by atoms with Crippen LogP contribution in [0.1, 0.15) is 22.3 Å². The van der Waals surface area contributed by atoms with Gasteiger partial charge < -0.3 is 0 Å². The van der Waals surface area contributed by atoms with E-state index in [-0.39, 0.29) is 6.29 Å². The van der Waals surface area contributed by atoms with Crippen LogP contribution in [0, 0.1) is 16.1 Å². The number of nitro groups is 1. The molecule has 8 heteroatoms. The molecule has 0 atom stereocenters. The first-order valence-electron chi connectivity index (χ1n) is 3.55. The van der Waals surface area contributed by atoms with Gasteiger partial charge in [0, 0.05) is 0 Å². The highest BCUT2D eigenvalue weighted by molar-refractivity contribution is 5.79. The molecule has 0 N–H and O–H groups in total. The van der Waals surface area contributed by atoms with E-state index in [0.717, 1.165) is 0 Å². The second kappa shape index (κ2) is 4.03. The number of hydrogen-bond acceptors (Lipinski definition) is 4. The third-order valence-corrected chi connectivity index (χ3v) is 1.62. The van der Waals surface area contributed by atoms with Crippen molar-refractivity contribution < 1.29 is 22.9 Å². The maximum Gasteiger partial charge on any atom is 0.297 e. The third-order valence-electron chi connectivity index (χ3n) is 1.62. The van der Waals surface area contributed by atoms with Crippen molar-refractivity contribution in [3.63, 3.8) is 0 Å². The summed E-state index contributed by atoms with van der Waals surface area (Å²) < 4.78 is 37.5. The SMILES string of the molecule is O=Cc1c(F)ncc([N+](=O)[O-])c1C(F)F. The van der Waals surface area contributed by atoms with Crippen LogP contribution in [0.4, 0.5) is 18.9 Å². The van der Waals surface area contributed by atoms with Crippen molar-refractivity contribution in [1.29, 1.82) is 0 Å². The average Bonchev–Trinajstić information content (AvgIpc) is 2.16. The van der Waals surface area contributed by atoms with Crippen molar-refractivity contribution >= 4 is 12.0 Å². The number of halogens is 3. The maximum atomic E-state index is 12.8. The largest absolute Gasteiger partial charge is 0.298 e. The van der Waals surface area contributed by atoms with Gasteiger partial charge in [-0.2, -0.15) is 4.39 Å². The Morgan fingerprint density at radius 1 is 1.53 bits per heavy atom. The summed E-state index contributed by atoms with van der Waals surface area (Å²) in [5.41, 5.74) is -3.41. The molecule has 0 saturated carbocycles. The van der Waals surface area contributed by atoms with Crippen molar-refractivity contribution in [3.8, 4) is 0 Å². The van der Waals surface area contributed by atoms with Gasteiger partial charge in [0.15, 0.2) is 6.29 Å². The number of aldehydes is 1. The highest BCUT2D eigenvalue weighted by Gasteiger charge is 2.28. The van der Waals surface area contributed by atoms with Crippen molar-refractivity contribution in [2.24, 2.45) is 0 Å². The van der Waals surface area contributed by atoms with E-state index in [9.17, 15) is 28.1 Å². The summed E-state index contributed by atoms with van der Waals surface area (Å²) in [6, 6.07) is 0. The molecular formula is C7H3F3N2O3. The lowest BCUT2D eigenvalue weighted by Gasteiger charge is -2.04. The molecular weight excluding hydrogens is 217 g/mol. The second-order valence-corrected chi connectivity index (χ2v) is 2.44. The van der Waals surface area contributed by atoms with Gasteiger partial charge >= 0.3 is 0 Å². The molecule has 5 nitrogen and oxygen atoms in total. The van der Waals surface area contributed by atoms with Gasteiger partial charge in [0.05, 0.1) is 10.5 Å². The molecule has 0 aromatic carbocycles. The molecule has 0 radical (unpaired) electrons. The summed E-state index contributed by atoms with van der Waals surface area (Å²) in [5, 5.41) is 10.3. The van der Waals surface area contributed by atoms with Crippen LogP contribution in [0.5, 0.6) is 0 Å². The van der Waals surface area contributed by atoms with Gasteiger partial charge in [-0.3, -0.25) is 14.9 Å². The second-order valence-electron chi connectivity index (χ2n) is 2.44. The lowest BCUT2D eigenvalue weighted by atomic mass is 10.1. The fraction of sp³-hybridized carbons (Fsp3) is 0.143. The number of aromatic nitrogens is 1. The first-order valence-corrected chi connectivity index (χ1v) is 3.55. The Morgan fingerprint density at radius 2 is 2.13 bits per heavy atom. The molecule has 1 aromatic rings. The number of rotatable bonds is 3. The number of nitrogens with zero attached hydrogens (tertiary/aromatic N) is 2. The predicted molar refractivity (Wildman–Crippen MR) is 41.2 cm³/mol. The molecule has 0 fully saturated rings. The minimum absolute atomic E-state index is 0.225. The fourth-order valence-corrected chi connectivity index (χ4v) is 0.993. The van der Waals surface area contributed by atoms with Gasteiger partial charge in [0.1, 0.15) is 11.8 Å². The molecule has 80 valence electrons. The van der Waals surface area contributed by atoms with Crippen LogP contribution in [0.3, 0.4) is 0 Å².